The smallest absolute Gasteiger partial charge is 0.290 e. The molecule has 0 aliphatic heterocycles. The minimum atomic E-state index is -3.61. The first kappa shape index (κ1) is 18.4. The zero-order valence-corrected chi connectivity index (χ0v) is 15.2. The van der Waals surface area contributed by atoms with Crippen LogP contribution in [0.3, 0.4) is 0 Å². The molecule has 0 fully saturated rings. The number of fused-ring (bicyclic) bond motifs is 1. The molecule has 2 aromatic rings. The van der Waals surface area contributed by atoms with E-state index in [1.165, 1.54) is 17.7 Å². The molecule has 0 saturated carbocycles. The van der Waals surface area contributed by atoms with Gasteiger partial charge in [0.15, 0.2) is 5.52 Å². The lowest BCUT2D eigenvalue weighted by Gasteiger charge is -2.10. The summed E-state index contributed by atoms with van der Waals surface area (Å²) in [5.41, 5.74) is -0.619. The number of unbranched alkanes of at least 4 members (excludes halogenated alkanes) is 2. The molecule has 0 aliphatic rings. The van der Waals surface area contributed by atoms with Crippen LogP contribution in [0.1, 0.15) is 46.5 Å². The predicted molar refractivity (Wildman–Crippen MR) is 92.9 cm³/mol. The molecule has 2 rings (SSSR count). The van der Waals surface area contributed by atoms with Gasteiger partial charge in [-0.2, -0.15) is 9.19 Å². The van der Waals surface area contributed by atoms with Crippen LogP contribution in [0.15, 0.2) is 15.8 Å². The van der Waals surface area contributed by atoms with Crippen LogP contribution in [0.4, 0.5) is 0 Å². The fourth-order valence-corrected chi connectivity index (χ4v) is 3.21. The highest BCUT2D eigenvalue weighted by Crippen LogP contribution is 2.10. The maximum absolute atomic E-state index is 12.7. The number of aromatic nitrogens is 4. The van der Waals surface area contributed by atoms with Crippen molar-refractivity contribution in [2.75, 3.05) is 5.75 Å². The third-order valence-electron chi connectivity index (χ3n) is 3.99. The van der Waals surface area contributed by atoms with Gasteiger partial charge >= 0.3 is 5.69 Å². The minimum Gasteiger partial charge on any atom is -0.290 e. The average Bonchev–Trinajstić information content (AvgIpc) is 3.01. The molecule has 0 saturated heterocycles. The molecule has 0 N–H and O–H groups in total. The molecular weight excluding hydrogens is 332 g/mol. The summed E-state index contributed by atoms with van der Waals surface area (Å²) in [5, 5.41) is 3.97. The molecule has 0 aromatic carbocycles. The van der Waals surface area contributed by atoms with E-state index in [9.17, 15) is 18.0 Å². The quantitative estimate of drug-likeness (QED) is 0.707. The Hall–Kier alpha value is -1.90. The Morgan fingerprint density at radius 2 is 1.58 bits per heavy atom. The fourth-order valence-electron chi connectivity index (χ4n) is 2.48. The van der Waals surface area contributed by atoms with E-state index < -0.39 is 21.3 Å². The van der Waals surface area contributed by atoms with Gasteiger partial charge in [0.1, 0.15) is 0 Å². The van der Waals surface area contributed by atoms with E-state index in [1.807, 2.05) is 13.8 Å². The Bertz CT molecular complexity index is 937. The summed E-state index contributed by atoms with van der Waals surface area (Å²) in [5.74, 6) is -0.135. The zero-order valence-electron chi connectivity index (χ0n) is 14.4. The van der Waals surface area contributed by atoms with E-state index in [0.29, 0.717) is 19.5 Å². The van der Waals surface area contributed by atoms with Gasteiger partial charge < -0.3 is 0 Å². The van der Waals surface area contributed by atoms with Crippen LogP contribution in [-0.2, 0) is 23.1 Å². The molecule has 0 spiro atoms. The van der Waals surface area contributed by atoms with E-state index in [4.69, 9.17) is 0 Å². The molecule has 0 unspecified atom stereocenters. The van der Waals surface area contributed by atoms with Gasteiger partial charge in [-0.3, -0.25) is 13.9 Å². The third-order valence-corrected chi connectivity index (χ3v) is 5.48. The number of hydrogen-bond donors (Lipinski definition) is 0. The van der Waals surface area contributed by atoms with Gasteiger partial charge in [-0.1, -0.05) is 26.7 Å². The van der Waals surface area contributed by atoms with Crippen molar-refractivity contribution in [3.63, 3.8) is 0 Å². The first-order valence-corrected chi connectivity index (χ1v) is 9.94. The molecule has 24 heavy (non-hydrogen) atoms. The monoisotopic (exact) mass is 356 g/mol. The maximum Gasteiger partial charge on any atom is 0.331 e. The van der Waals surface area contributed by atoms with Gasteiger partial charge in [0.2, 0.25) is 0 Å². The molecule has 0 atom stereocenters. The second-order valence-electron chi connectivity index (χ2n) is 5.73. The lowest BCUT2D eigenvalue weighted by atomic mass is 10.3. The molecule has 0 amide bonds. The van der Waals surface area contributed by atoms with Crippen LogP contribution in [0.2, 0.25) is 0 Å². The van der Waals surface area contributed by atoms with Crippen molar-refractivity contribution < 1.29 is 8.42 Å². The van der Waals surface area contributed by atoms with Gasteiger partial charge in [-0.05, 0) is 19.8 Å². The standard InChI is InChI=1S/C15H24N4O4S/c1-4-7-9-17-12-11-19(24(22,23)6-3)16-13(12)14(20)18(15(17)21)10-8-5-2/h11H,4-10H2,1-3H3. The Balaban J connectivity index is 2.78. The van der Waals surface area contributed by atoms with Crippen molar-refractivity contribution in [1.29, 1.82) is 0 Å². The van der Waals surface area contributed by atoms with Crippen LogP contribution in [0.5, 0.6) is 0 Å². The SMILES string of the molecule is CCCCn1c(=O)c2nn(S(=O)(=O)CC)cc2n(CCCC)c1=O. The molecular formula is C15H24N4O4S. The first-order valence-electron chi connectivity index (χ1n) is 8.33. The van der Waals surface area contributed by atoms with Crippen molar-refractivity contribution in [1.82, 2.24) is 18.3 Å². The van der Waals surface area contributed by atoms with Gasteiger partial charge in [0.05, 0.1) is 17.5 Å². The molecule has 134 valence electrons. The van der Waals surface area contributed by atoms with E-state index >= 15 is 0 Å². The Kier molecular flexibility index (Phi) is 5.63. The number of hydrogen-bond acceptors (Lipinski definition) is 5. The van der Waals surface area contributed by atoms with Crippen molar-refractivity contribution in [2.24, 2.45) is 0 Å². The summed E-state index contributed by atoms with van der Waals surface area (Å²) < 4.78 is 27.5. The van der Waals surface area contributed by atoms with Crippen molar-refractivity contribution in [3.05, 3.63) is 27.0 Å². The summed E-state index contributed by atoms with van der Waals surface area (Å²) in [7, 11) is -3.61. The van der Waals surface area contributed by atoms with Gasteiger partial charge in [0.25, 0.3) is 15.6 Å². The second kappa shape index (κ2) is 7.33. The van der Waals surface area contributed by atoms with Crippen LogP contribution in [0, 0.1) is 0 Å². The first-order chi connectivity index (χ1) is 11.4. The summed E-state index contributed by atoms with van der Waals surface area (Å²) in [6, 6.07) is 0. The average molecular weight is 356 g/mol. The molecule has 8 nitrogen and oxygen atoms in total. The van der Waals surface area contributed by atoms with Crippen molar-refractivity contribution in [3.8, 4) is 0 Å². The Morgan fingerprint density at radius 1 is 1.00 bits per heavy atom. The molecule has 0 radical (unpaired) electrons. The highest BCUT2D eigenvalue weighted by Gasteiger charge is 2.20. The molecule has 2 heterocycles. The van der Waals surface area contributed by atoms with Gasteiger partial charge in [-0.15, -0.1) is 0 Å². The topological polar surface area (TPSA) is 96.0 Å². The van der Waals surface area contributed by atoms with E-state index in [-0.39, 0.29) is 16.8 Å². The van der Waals surface area contributed by atoms with Crippen LogP contribution < -0.4 is 11.2 Å². The van der Waals surface area contributed by atoms with E-state index in [2.05, 4.69) is 5.10 Å². The molecule has 0 bridgehead atoms. The van der Waals surface area contributed by atoms with Crippen molar-refractivity contribution in [2.45, 2.75) is 59.5 Å². The predicted octanol–water partition coefficient (Wildman–Crippen LogP) is 1.16. The Morgan fingerprint density at radius 3 is 2.12 bits per heavy atom. The van der Waals surface area contributed by atoms with Gasteiger partial charge in [-0.25, -0.2) is 13.2 Å². The summed E-state index contributed by atoms with van der Waals surface area (Å²) in [6.45, 7) is 6.22. The molecule has 0 aliphatic carbocycles. The van der Waals surface area contributed by atoms with Gasteiger partial charge in [0, 0.05) is 13.1 Å². The highest BCUT2D eigenvalue weighted by molar-refractivity contribution is 7.89. The maximum atomic E-state index is 12.7. The molecule has 9 heteroatoms. The van der Waals surface area contributed by atoms with Crippen LogP contribution >= 0.6 is 0 Å². The summed E-state index contributed by atoms with van der Waals surface area (Å²) >= 11 is 0. The normalized spacial score (nSPS) is 12.1. The number of nitrogens with zero attached hydrogens (tertiary/aromatic N) is 4. The van der Waals surface area contributed by atoms with Crippen molar-refractivity contribution >= 4 is 21.1 Å². The lowest BCUT2D eigenvalue weighted by molar-refractivity contribution is 0.532. The van der Waals surface area contributed by atoms with Crippen LogP contribution in [-0.4, -0.2) is 32.5 Å². The third kappa shape index (κ3) is 3.31. The Labute approximate surface area is 140 Å². The minimum absolute atomic E-state index is 0.0267. The zero-order chi connectivity index (χ0) is 17.9. The summed E-state index contributed by atoms with van der Waals surface area (Å²) in [4.78, 5) is 25.3. The largest absolute Gasteiger partial charge is 0.331 e. The second-order valence-corrected chi connectivity index (χ2v) is 7.85. The van der Waals surface area contributed by atoms with Crippen LogP contribution in [0.25, 0.3) is 11.0 Å². The summed E-state index contributed by atoms with van der Waals surface area (Å²) in [6.07, 6.45) is 4.45. The number of rotatable bonds is 8. The van der Waals surface area contributed by atoms with E-state index in [1.54, 1.807) is 0 Å². The number of aryl methyl sites for hydroxylation is 1. The molecule has 2 aromatic heterocycles. The lowest BCUT2D eigenvalue weighted by Crippen LogP contribution is -2.40. The van der Waals surface area contributed by atoms with E-state index in [0.717, 1.165) is 27.9 Å². The fraction of sp³-hybridized carbons (Fsp3) is 0.667. The highest BCUT2D eigenvalue weighted by atomic mass is 32.2.